The fraction of sp³-hybridized carbons (Fsp3) is 0.273. The zero-order valence-corrected chi connectivity index (χ0v) is 8.84. The number of ketones is 1. The minimum absolute atomic E-state index is 0.0271. The number of nitrogens with zero attached hydrogens (tertiary/aromatic N) is 1. The summed E-state index contributed by atoms with van der Waals surface area (Å²) in [5, 5.41) is 9.15. The van der Waals surface area contributed by atoms with Gasteiger partial charge < -0.3 is 4.74 Å². The van der Waals surface area contributed by atoms with Crippen LogP contribution in [0.15, 0.2) is 12.1 Å². The van der Waals surface area contributed by atoms with Gasteiger partial charge in [-0.05, 0) is 19.1 Å². The van der Waals surface area contributed by atoms with Crippen LogP contribution in [0.25, 0.3) is 0 Å². The van der Waals surface area contributed by atoms with Crippen molar-refractivity contribution in [1.29, 1.82) is 5.26 Å². The molecule has 0 aliphatic carbocycles. The Morgan fingerprint density at radius 3 is 3.00 bits per heavy atom. The van der Waals surface area contributed by atoms with Gasteiger partial charge in [0.1, 0.15) is 5.75 Å². The Kier molecular flexibility index (Phi) is 2.37. The molecule has 76 valence electrons. The number of halogens is 1. The molecule has 0 amide bonds. The molecule has 0 N–H and O–H groups in total. The molecule has 1 aliphatic heterocycles. The molecular weight excluding hydrogens is 214 g/mol. The molecule has 0 saturated carbocycles. The van der Waals surface area contributed by atoms with Crippen molar-refractivity contribution in [2.24, 2.45) is 0 Å². The number of hydrogen-bond acceptors (Lipinski definition) is 3. The molecule has 15 heavy (non-hydrogen) atoms. The maximum atomic E-state index is 11.1. The van der Waals surface area contributed by atoms with Gasteiger partial charge in [0, 0.05) is 12.0 Å². The largest absolute Gasteiger partial charge is 0.480 e. The fourth-order valence-electron chi connectivity index (χ4n) is 1.61. The van der Waals surface area contributed by atoms with Crippen molar-refractivity contribution in [3.63, 3.8) is 0 Å². The number of Topliss-reactive ketones (excluding diaryl/α,β-unsaturated/α-hetero) is 1. The lowest BCUT2D eigenvalue weighted by atomic mass is 10.1. The smallest absolute Gasteiger partial charge is 0.170 e. The van der Waals surface area contributed by atoms with E-state index in [4.69, 9.17) is 21.6 Å². The molecule has 2 rings (SSSR count). The number of rotatable bonds is 1. The molecule has 4 heteroatoms. The predicted octanol–water partition coefficient (Wildman–Crippen LogP) is 2.10. The molecule has 0 spiro atoms. The van der Waals surface area contributed by atoms with Crippen LogP contribution in [-0.2, 0) is 11.2 Å². The average molecular weight is 222 g/mol. The summed E-state index contributed by atoms with van der Waals surface area (Å²) >= 11 is 5.94. The molecule has 1 atom stereocenters. The number of benzene rings is 1. The Labute approximate surface area is 92.2 Å². The van der Waals surface area contributed by atoms with Crippen LogP contribution in [0, 0.1) is 11.3 Å². The summed E-state index contributed by atoms with van der Waals surface area (Å²) in [6.07, 6.45) is 0.0475. The summed E-state index contributed by atoms with van der Waals surface area (Å²) in [6.45, 7) is 1.48. The monoisotopic (exact) mass is 221 g/mol. The van der Waals surface area contributed by atoms with Gasteiger partial charge in [-0.3, -0.25) is 4.79 Å². The highest BCUT2D eigenvalue weighted by Crippen LogP contribution is 2.37. The molecule has 1 heterocycles. The predicted molar refractivity (Wildman–Crippen MR) is 55.0 cm³/mol. The van der Waals surface area contributed by atoms with Gasteiger partial charge in [0.25, 0.3) is 0 Å². The molecule has 1 aliphatic rings. The average Bonchev–Trinajstić information content (AvgIpc) is 2.61. The van der Waals surface area contributed by atoms with Crippen LogP contribution >= 0.6 is 11.6 Å². The number of carbonyl (C=O) groups excluding carboxylic acids is 1. The topological polar surface area (TPSA) is 50.1 Å². The van der Waals surface area contributed by atoms with E-state index in [1.54, 1.807) is 12.1 Å². The lowest BCUT2D eigenvalue weighted by Gasteiger charge is -2.06. The Morgan fingerprint density at radius 1 is 1.67 bits per heavy atom. The molecular formula is C11H8ClNO2. The number of carbonyl (C=O) groups is 1. The highest BCUT2D eigenvalue weighted by Gasteiger charge is 2.28. The van der Waals surface area contributed by atoms with Crippen LogP contribution in [0.2, 0.25) is 5.02 Å². The first-order valence-corrected chi connectivity index (χ1v) is 4.89. The van der Waals surface area contributed by atoms with E-state index in [9.17, 15) is 4.79 Å². The number of nitriles is 1. The van der Waals surface area contributed by atoms with E-state index in [2.05, 4.69) is 0 Å². The van der Waals surface area contributed by atoms with Crippen molar-refractivity contribution in [2.45, 2.75) is 19.4 Å². The van der Waals surface area contributed by atoms with E-state index in [-0.39, 0.29) is 5.78 Å². The van der Waals surface area contributed by atoms with Crippen molar-refractivity contribution in [3.05, 3.63) is 28.3 Å². The van der Waals surface area contributed by atoms with E-state index < -0.39 is 6.10 Å². The van der Waals surface area contributed by atoms with Crippen LogP contribution in [0.3, 0.4) is 0 Å². The standard InChI is InChI=1S/C11H8ClNO2/c1-6(14)10-4-8-2-7(5-13)3-9(12)11(8)15-10/h2-3,10H,4H2,1H3. The zero-order valence-electron chi connectivity index (χ0n) is 8.08. The van der Waals surface area contributed by atoms with Crippen LogP contribution in [0.1, 0.15) is 18.1 Å². The summed E-state index contributed by atoms with van der Waals surface area (Å²) in [6, 6.07) is 5.27. The number of ether oxygens (including phenoxy) is 1. The van der Waals surface area contributed by atoms with Gasteiger partial charge in [-0.15, -0.1) is 0 Å². The van der Waals surface area contributed by atoms with E-state index in [0.29, 0.717) is 22.8 Å². The Balaban J connectivity index is 2.43. The summed E-state index contributed by atoms with van der Waals surface area (Å²) in [4.78, 5) is 11.1. The molecule has 0 fully saturated rings. The Hall–Kier alpha value is -1.53. The quantitative estimate of drug-likeness (QED) is 0.730. The Bertz CT molecular complexity index is 476. The highest BCUT2D eigenvalue weighted by atomic mass is 35.5. The minimum atomic E-state index is -0.452. The third-order valence-corrected chi connectivity index (χ3v) is 2.65. The third-order valence-electron chi connectivity index (χ3n) is 2.37. The van der Waals surface area contributed by atoms with Crippen molar-refractivity contribution in [2.75, 3.05) is 0 Å². The van der Waals surface area contributed by atoms with Crippen LogP contribution in [0.5, 0.6) is 5.75 Å². The normalized spacial score (nSPS) is 17.8. The van der Waals surface area contributed by atoms with Crippen molar-refractivity contribution in [3.8, 4) is 11.8 Å². The zero-order chi connectivity index (χ0) is 11.0. The van der Waals surface area contributed by atoms with Gasteiger partial charge in [0.15, 0.2) is 11.9 Å². The second-order valence-corrected chi connectivity index (χ2v) is 3.89. The molecule has 1 aromatic carbocycles. The minimum Gasteiger partial charge on any atom is -0.480 e. The summed E-state index contributed by atoms with van der Waals surface area (Å²) in [7, 11) is 0. The summed E-state index contributed by atoms with van der Waals surface area (Å²) in [5.74, 6) is 0.511. The van der Waals surface area contributed by atoms with Gasteiger partial charge in [-0.25, -0.2) is 0 Å². The molecule has 0 radical (unpaired) electrons. The first-order valence-electron chi connectivity index (χ1n) is 4.51. The molecule has 1 unspecified atom stereocenters. The highest BCUT2D eigenvalue weighted by molar-refractivity contribution is 6.32. The van der Waals surface area contributed by atoms with Crippen LogP contribution in [-0.4, -0.2) is 11.9 Å². The fourth-order valence-corrected chi connectivity index (χ4v) is 1.89. The van der Waals surface area contributed by atoms with Crippen LogP contribution in [0.4, 0.5) is 0 Å². The van der Waals surface area contributed by atoms with Crippen LogP contribution < -0.4 is 4.74 Å². The maximum Gasteiger partial charge on any atom is 0.170 e. The molecule has 0 bridgehead atoms. The number of fused-ring (bicyclic) bond motifs is 1. The lowest BCUT2D eigenvalue weighted by Crippen LogP contribution is -2.21. The second-order valence-electron chi connectivity index (χ2n) is 3.48. The van der Waals surface area contributed by atoms with Gasteiger partial charge in [0.05, 0.1) is 16.7 Å². The summed E-state index contributed by atoms with van der Waals surface area (Å²) < 4.78 is 5.41. The van der Waals surface area contributed by atoms with E-state index in [0.717, 1.165) is 5.56 Å². The molecule has 0 aromatic heterocycles. The van der Waals surface area contributed by atoms with Gasteiger partial charge >= 0.3 is 0 Å². The molecule has 0 saturated heterocycles. The first-order chi connectivity index (χ1) is 7.11. The third kappa shape index (κ3) is 1.69. The van der Waals surface area contributed by atoms with E-state index in [1.807, 2.05) is 6.07 Å². The van der Waals surface area contributed by atoms with E-state index in [1.165, 1.54) is 6.92 Å². The first kappa shape index (κ1) is 10.0. The van der Waals surface area contributed by atoms with E-state index >= 15 is 0 Å². The van der Waals surface area contributed by atoms with Gasteiger partial charge in [-0.2, -0.15) is 5.26 Å². The second kappa shape index (κ2) is 3.56. The van der Waals surface area contributed by atoms with Gasteiger partial charge in [-0.1, -0.05) is 11.6 Å². The van der Waals surface area contributed by atoms with Gasteiger partial charge in [0.2, 0.25) is 0 Å². The summed E-state index contributed by atoms with van der Waals surface area (Å²) in [5.41, 5.74) is 1.32. The maximum absolute atomic E-state index is 11.1. The number of hydrogen-bond donors (Lipinski definition) is 0. The lowest BCUT2D eigenvalue weighted by molar-refractivity contribution is -0.122. The van der Waals surface area contributed by atoms with Crippen molar-refractivity contribution < 1.29 is 9.53 Å². The Morgan fingerprint density at radius 2 is 2.40 bits per heavy atom. The van der Waals surface area contributed by atoms with Crippen molar-refractivity contribution in [1.82, 2.24) is 0 Å². The van der Waals surface area contributed by atoms with Crippen molar-refractivity contribution >= 4 is 17.4 Å². The molecule has 1 aromatic rings. The SMILES string of the molecule is CC(=O)C1Cc2cc(C#N)cc(Cl)c2O1. The molecule has 3 nitrogen and oxygen atoms in total.